The van der Waals surface area contributed by atoms with Crippen molar-refractivity contribution in [2.45, 2.75) is 25.8 Å². The second-order valence-electron chi connectivity index (χ2n) is 4.74. The summed E-state index contributed by atoms with van der Waals surface area (Å²) in [6.45, 7) is 4.31. The first kappa shape index (κ1) is 13.5. The van der Waals surface area contributed by atoms with E-state index in [9.17, 15) is 4.79 Å². The lowest BCUT2D eigenvalue weighted by Crippen LogP contribution is -2.47. The van der Waals surface area contributed by atoms with Gasteiger partial charge in [-0.25, -0.2) is 0 Å². The molecule has 0 fully saturated rings. The molecule has 0 aliphatic heterocycles. The van der Waals surface area contributed by atoms with Gasteiger partial charge in [0.25, 0.3) is 0 Å². The number of anilines is 1. The number of nitrogens with one attached hydrogen (secondary N) is 1. The van der Waals surface area contributed by atoms with Crippen molar-refractivity contribution in [2.75, 3.05) is 19.5 Å². The highest BCUT2D eigenvalue weighted by atomic mass is 16.5. The molecular formula is C13H20N2O2. The summed E-state index contributed by atoms with van der Waals surface area (Å²) >= 11 is 0. The van der Waals surface area contributed by atoms with Crippen molar-refractivity contribution in [1.29, 1.82) is 0 Å². The smallest absolute Gasteiger partial charge is 0.224 e. The minimum atomic E-state index is -0.366. The number of para-hydroxylation sites is 1. The van der Waals surface area contributed by atoms with E-state index in [1.807, 2.05) is 32.0 Å². The number of nitrogens with two attached hydrogens (primary N) is 1. The van der Waals surface area contributed by atoms with Crippen LogP contribution in [0.1, 0.15) is 19.4 Å². The molecule has 1 aromatic carbocycles. The van der Waals surface area contributed by atoms with Crippen LogP contribution in [0, 0.1) is 0 Å². The van der Waals surface area contributed by atoms with Crippen LogP contribution in [0.2, 0.25) is 0 Å². The highest BCUT2D eigenvalue weighted by Crippen LogP contribution is 2.12. The minimum absolute atomic E-state index is 0.0510. The van der Waals surface area contributed by atoms with Crippen molar-refractivity contribution in [1.82, 2.24) is 5.32 Å². The van der Waals surface area contributed by atoms with E-state index in [4.69, 9.17) is 10.5 Å². The zero-order valence-corrected chi connectivity index (χ0v) is 10.6. The second-order valence-corrected chi connectivity index (χ2v) is 4.74. The summed E-state index contributed by atoms with van der Waals surface area (Å²) in [5, 5.41) is 2.91. The van der Waals surface area contributed by atoms with Crippen molar-refractivity contribution >= 4 is 11.6 Å². The van der Waals surface area contributed by atoms with Crippen molar-refractivity contribution < 1.29 is 9.53 Å². The number of carbonyl (C=O) groups excluding carboxylic acids is 1. The Morgan fingerprint density at radius 1 is 1.41 bits per heavy atom. The first-order chi connectivity index (χ1) is 7.94. The van der Waals surface area contributed by atoms with E-state index in [-0.39, 0.29) is 11.4 Å². The van der Waals surface area contributed by atoms with Crippen molar-refractivity contribution in [3.8, 4) is 0 Å². The molecule has 0 saturated carbocycles. The number of nitrogen functional groups attached to an aromatic ring is 1. The number of hydrogen-bond donors (Lipinski definition) is 2. The Labute approximate surface area is 102 Å². The van der Waals surface area contributed by atoms with Crippen LogP contribution in [0.4, 0.5) is 5.69 Å². The third kappa shape index (κ3) is 4.44. The van der Waals surface area contributed by atoms with Gasteiger partial charge < -0.3 is 15.8 Å². The van der Waals surface area contributed by atoms with Gasteiger partial charge in [-0.3, -0.25) is 4.79 Å². The molecule has 0 aliphatic rings. The van der Waals surface area contributed by atoms with E-state index in [2.05, 4.69) is 5.32 Å². The lowest BCUT2D eigenvalue weighted by atomic mass is 10.1. The number of ether oxygens (including phenoxy) is 1. The lowest BCUT2D eigenvalue weighted by Gasteiger charge is -2.25. The predicted octanol–water partition coefficient (Wildman–Crippen LogP) is 1.35. The molecule has 1 aromatic rings. The van der Waals surface area contributed by atoms with E-state index in [1.54, 1.807) is 13.2 Å². The number of amides is 1. The fourth-order valence-corrected chi connectivity index (χ4v) is 1.69. The van der Waals surface area contributed by atoms with Gasteiger partial charge in [0, 0.05) is 12.8 Å². The minimum Gasteiger partial charge on any atom is -0.398 e. The van der Waals surface area contributed by atoms with Crippen LogP contribution in [0.5, 0.6) is 0 Å². The molecule has 3 N–H and O–H groups in total. The summed E-state index contributed by atoms with van der Waals surface area (Å²) < 4.78 is 5.04. The van der Waals surface area contributed by atoms with Crippen molar-refractivity contribution in [3.05, 3.63) is 29.8 Å². The molecule has 0 heterocycles. The molecule has 0 saturated heterocycles. The highest BCUT2D eigenvalue weighted by Gasteiger charge is 2.20. The predicted molar refractivity (Wildman–Crippen MR) is 68.7 cm³/mol. The fourth-order valence-electron chi connectivity index (χ4n) is 1.69. The number of carbonyl (C=O) groups is 1. The van der Waals surface area contributed by atoms with E-state index in [1.165, 1.54) is 0 Å². The summed E-state index contributed by atoms with van der Waals surface area (Å²) in [6, 6.07) is 7.38. The SMILES string of the molecule is COCC(C)(C)NC(=O)Cc1ccccc1N. The van der Waals surface area contributed by atoms with Gasteiger partial charge in [0.1, 0.15) is 0 Å². The Balaban J connectivity index is 2.59. The molecular weight excluding hydrogens is 216 g/mol. The average Bonchev–Trinajstić information content (AvgIpc) is 2.20. The number of rotatable bonds is 5. The molecule has 0 unspecified atom stereocenters. The summed E-state index contributed by atoms with van der Waals surface area (Å²) in [5.41, 5.74) is 6.91. The number of benzene rings is 1. The van der Waals surface area contributed by atoms with Gasteiger partial charge in [0.15, 0.2) is 0 Å². The number of hydrogen-bond acceptors (Lipinski definition) is 3. The van der Waals surface area contributed by atoms with Crippen molar-refractivity contribution in [2.24, 2.45) is 0 Å². The molecule has 0 bridgehead atoms. The van der Waals surface area contributed by atoms with E-state index in [0.717, 1.165) is 5.56 Å². The van der Waals surface area contributed by atoms with Crippen LogP contribution in [0.25, 0.3) is 0 Å². The standard InChI is InChI=1S/C13H20N2O2/c1-13(2,9-17-3)15-12(16)8-10-6-4-5-7-11(10)14/h4-7H,8-9,14H2,1-3H3,(H,15,16). The van der Waals surface area contributed by atoms with Gasteiger partial charge >= 0.3 is 0 Å². The lowest BCUT2D eigenvalue weighted by molar-refractivity contribution is -0.122. The van der Waals surface area contributed by atoms with Gasteiger partial charge in [0.2, 0.25) is 5.91 Å². The highest BCUT2D eigenvalue weighted by molar-refractivity contribution is 5.80. The Bertz CT molecular complexity index is 389. The zero-order chi connectivity index (χ0) is 12.9. The van der Waals surface area contributed by atoms with Gasteiger partial charge in [0.05, 0.1) is 18.6 Å². The molecule has 4 nitrogen and oxygen atoms in total. The average molecular weight is 236 g/mol. The van der Waals surface area contributed by atoms with Gasteiger partial charge in [-0.15, -0.1) is 0 Å². The number of methoxy groups -OCH3 is 1. The summed E-state index contributed by atoms with van der Waals surface area (Å²) in [5.74, 6) is -0.0510. The van der Waals surface area contributed by atoms with Crippen LogP contribution in [-0.2, 0) is 16.0 Å². The molecule has 4 heteroatoms. The largest absolute Gasteiger partial charge is 0.398 e. The molecule has 1 rings (SSSR count). The van der Waals surface area contributed by atoms with E-state index >= 15 is 0 Å². The van der Waals surface area contributed by atoms with Crippen molar-refractivity contribution in [3.63, 3.8) is 0 Å². The zero-order valence-electron chi connectivity index (χ0n) is 10.6. The quantitative estimate of drug-likeness (QED) is 0.758. The van der Waals surface area contributed by atoms with Crippen LogP contribution >= 0.6 is 0 Å². The maximum atomic E-state index is 11.8. The normalized spacial score (nSPS) is 11.2. The summed E-state index contributed by atoms with van der Waals surface area (Å²) in [6.07, 6.45) is 0.291. The van der Waals surface area contributed by atoms with E-state index in [0.29, 0.717) is 18.7 Å². The van der Waals surface area contributed by atoms with Crippen LogP contribution in [0.3, 0.4) is 0 Å². The molecule has 0 radical (unpaired) electrons. The Morgan fingerprint density at radius 3 is 2.65 bits per heavy atom. The summed E-state index contributed by atoms with van der Waals surface area (Å²) in [4.78, 5) is 11.8. The maximum absolute atomic E-state index is 11.8. The maximum Gasteiger partial charge on any atom is 0.224 e. The monoisotopic (exact) mass is 236 g/mol. The third-order valence-electron chi connectivity index (χ3n) is 2.39. The van der Waals surface area contributed by atoms with Crippen LogP contribution in [0.15, 0.2) is 24.3 Å². The topological polar surface area (TPSA) is 64.3 Å². The molecule has 0 aliphatic carbocycles. The molecule has 17 heavy (non-hydrogen) atoms. The van der Waals surface area contributed by atoms with Crippen LogP contribution < -0.4 is 11.1 Å². The van der Waals surface area contributed by atoms with E-state index < -0.39 is 0 Å². The Kier molecular flexibility index (Phi) is 4.52. The molecule has 94 valence electrons. The molecule has 1 amide bonds. The van der Waals surface area contributed by atoms with Gasteiger partial charge in [-0.05, 0) is 25.5 Å². The molecule has 0 atom stereocenters. The fraction of sp³-hybridized carbons (Fsp3) is 0.462. The van der Waals surface area contributed by atoms with Crippen LogP contribution in [-0.4, -0.2) is 25.2 Å². The van der Waals surface area contributed by atoms with Gasteiger partial charge in [-0.2, -0.15) is 0 Å². The second kappa shape index (κ2) is 5.68. The third-order valence-corrected chi connectivity index (χ3v) is 2.39. The Morgan fingerprint density at radius 2 is 2.06 bits per heavy atom. The van der Waals surface area contributed by atoms with Gasteiger partial charge in [-0.1, -0.05) is 18.2 Å². The Hall–Kier alpha value is -1.55. The first-order valence-electron chi connectivity index (χ1n) is 5.58. The first-order valence-corrected chi connectivity index (χ1v) is 5.58. The summed E-state index contributed by atoms with van der Waals surface area (Å²) in [7, 11) is 1.61. The molecule has 0 aromatic heterocycles. The molecule has 0 spiro atoms.